The number of amides is 3. The van der Waals surface area contributed by atoms with Gasteiger partial charge in [0.2, 0.25) is 0 Å². The van der Waals surface area contributed by atoms with E-state index in [1.54, 1.807) is 54.6 Å². The van der Waals surface area contributed by atoms with Crippen molar-refractivity contribution in [3.63, 3.8) is 0 Å². The van der Waals surface area contributed by atoms with Crippen LogP contribution in [-0.2, 0) is 14.4 Å². The molecular formula is C25H20FN3O5. The molecule has 1 fully saturated rings. The van der Waals surface area contributed by atoms with Crippen molar-refractivity contribution in [1.82, 2.24) is 5.43 Å². The summed E-state index contributed by atoms with van der Waals surface area (Å²) in [5.41, 5.74) is 3.30. The summed E-state index contributed by atoms with van der Waals surface area (Å²) in [6.07, 6.45) is 1.37. The maximum Gasteiger partial charge on any atom is 0.282 e. The minimum atomic E-state index is -0.598. The number of benzene rings is 3. The van der Waals surface area contributed by atoms with Crippen molar-refractivity contribution >= 4 is 35.2 Å². The average Bonchev–Trinajstić information content (AvgIpc) is 3.13. The number of methoxy groups -OCH3 is 1. The van der Waals surface area contributed by atoms with E-state index >= 15 is 0 Å². The van der Waals surface area contributed by atoms with Crippen LogP contribution >= 0.6 is 0 Å². The van der Waals surface area contributed by atoms with Gasteiger partial charge in [0.1, 0.15) is 11.4 Å². The lowest BCUT2D eigenvalue weighted by molar-refractivity contribution is -0.118. The van der Waals surface area contributed by atoms with Gasteiger partial charge in [0.05, 0.1) is 18.5 Å². The molecule has 4 rings (SSSR count). The summed E-state index contributed by atoms with van der Waals surface area (Å²) in [7, 11) is 1.42. The van der Waals surface area contributed by atoms with Crippen LogP contribution in [0.5, 0.6) is 11.5 Å². The predicted octanol–water partition coefficient (Wildman–Crippen LogP) is 3.31. The third-order valence-electron chi connectivity index (χ3n) is 4.93. The average molecular weight is 461 g/mol. The molecule has 172 valence electrons. The topological polar surface area (TPSA) is 97.0 Å². The van der Waals surface area contributed by atoms with Crippen LogP contribution < -0.4 is 25.2 Å². The lowest BCUT2D eigenvalue weighted by atomic mass is 10.1. The third-order valence-corrected chi connectivity index (χ3v) is 4.93. The zero-order valence-electron chi connectivity index (χ0n) is 18.1. The van der Waals surface area contributed by atoms with Crippen LogP contribution in [0.2, 0.25) is 0 Å². The van der Waals surface area contributed by atoms with Gasteiger partial charge in [-0.25, -0.2) is 9.40 Å². The molecule has 8 nitrogen and oxygen atoms in total. The molecule has 0 atom stereocenters. The quantitative estimate of drug-likeness (QED) is 0.416. The summed E-state index contributed by atoms with van der Waals surface area (Å²) in [6.45, 7) is -0.457. The van der Waals surface area contributed by atoms with E-state index in [0.29, 0.717) is 17.0 Å². The van der Waals surface area contributed by atoms with E-state index in [0.717, 1.165) is 5.01 Å². The number of nitrogens with zero attached hydrogens (tertiary/aromatic N) is 1. The third kappa shape index (κ3) is 4.73. The molecule has 2 N–H and O–H groups in total. The molecule has 0 unspecified atom stereocenters. The molecule has 34 heavy (non-hydrogen) atoms. The number of ether oxygens (including phenoxy) is 2. The van der Waals surface area contributed by atoms with E-state index in [9.17, 15) is 18.8 Å². The molecule has 3 aromatic carbocycles. The smallest absolute Gasteiger partial charge is 0.282 e. The van der Waals surface area contributed by atoms with Crippen LogP contribution in [0.15, 0.2) is 78.4 Å². The fourth-order valence-electron chi connectivity index (χ4n) is 3.32. The molecule has 3 aromatic rings. The first-order chi connectivity index (χ1) is 16.5. The van der Waals surface area contributed by atoms with Crippen molar-refractivity contribution in [2.45, 2.75) is 0 Å². The van der Waals surface area contributed by atoms with E-state index in [1.807, 2.05) is 0 Å². The Hall–Kier alpha value is -4.66. The molecule has 9 heteroatoms. The molecule has 0 radical (unpaired) electrons. The Kier molecular flexibility index (Phi) is 6.54. The summed E-state index contributed by atoms with van der Waals surface area (Å²) in [4.78, 5) is 37.7. The molecule has 0 saturated carbocycles. The number of carbonyl (C=O) groups is 3. The number of halogens is 1. The zero-order chi connectivity index (χ0) is 24.1. The highest BCUT2D eigenvalue weighted by Crippen LogP contribution is 2.33. The van der Waals surface area contributed by atoms with Crippen molar-refractivity contribution in [1.29, 1.82) is 0 Å². The number of anilines is 2. The lowest BCUT2D eigenvalue weighted by Gasteiger charge is -2.14. The van der Waals surface area contributed by atoms with Gasteiger partial charge < -0.3 is 14.8 Å². The highest BCUT2D eigenvalue weighted by atomic mass is 19.1. The Morgan fingerprint density at radius 2 is 1.76 bits per heavy atom. The Labute approximate surface area is 194 Å². The minimum Gasteiger partial charge on any atom is -0.493 e. The van der Waals surface area contributed by atoms with E-state index in [-0.39, 0.29) is 17.0 Å². The predicted molar refractivity (Wildman–Crippen MR) is 124 cm³/mol. The fraction of sp³-hybridized carbons (Fsp3) is 0.0800. The van der Waals surface area contributed by atoms with E-state index in [4.69, 9.17) is 9.47 Å². The summed E-state index contributed by atoms with van der Waals surface area (Å²) >= 11 is 0. The largest absolute Gasteiger partial charge is 0.493 e. The standard InChI is InChI=1S/C25H20FN3O5/c1-33-21-13-7-8-16(23(21)34-15-22(30)27-20-12-6-5-11-19(20)26)14-18-24(31)28-29(25(18)32)17-9-3-2-4-10-17/h2-14H,15H2,1H3,(H,27,30)(H,28,31)/b18-14-. The van der Waals surface area contributed by atoms with Gasteiger partial charge in [-0.3, -0.25) is 19.8 Å². The number of carbonyl (C=O) groups excluding carboxylic acids is 3. The molecule has 3 amide bonds. The Balaban J connectivity index is 1.57. The van der Waals surface area contributed by atoms with Gasteiger partial charge in [0.15, 0.2) is 18.1 Å². The molecule has 0 aromatic heterocycles. The van der Waals surface area contributed by atoms with Crippen LogP contribution in [0, 0.1) is 5.82 Å². The first-order valence-corrected chi connectivity index (χ1v) is 10.2. The van der Waals surface area contributed by atoms with Crippen LogP contribution in [0.25, 0.3) is 6.08 Å². The highest BCUT2D eigenvalue weighted by molar-refractivity contribution is 6.31. The minimum absolute atomic E-state index is 0.0210. The van der Waals surface area contributed by atoms with Gasteiger partial charge in [0.25, 0.3) is 17.7 Å². The number of hydrogen-bond donors (Lipinski definition) is 2. The number of para-hydroxylation sites is 3. The molecular weight excluding hydrogens is 441 g/mol. The van der Waals surface area contributed by atoms with Crippen molar-refractivity contribution in [3.05, 3.63) is 89.8 Å². The molecule has 0 spiro atoms. The van der Waals surface area contributed by atoms with Gasteiger partial charge in [-0.05, 0) is 36.4 Å². The van der Waals surface area contributed by atoms with E-state index in [2.05, 4.69) is 10.7 Å². The second kappa shape index (κ2) is 9.86. The number of hydrogen-bond acceptors (Lipinski definition) is 5. The monoisotopic (exact) mass is 461 g/mol. The molecule has 1 saturated heterocycles. The Morgan fingerprint density at radius 1 is 1.03 bits per heavy atom. The molecule has 1 heterocycles. The van der Waals surface area contributed by atoms with Crippen molar-refractivity contribution in [2.24, 2.45) is 0 Å². The first kappa shape index (κ1) is 22.5. The first-order valence-electron chi connectivity index (χ1n) is 10.2. The summed E-state index contributed by atoms with van der Waals surface area (Å²) < 4.78 is 24.8. The van der Waals surface area contributed by atoms with Crippen molar-refractivity contribution in [2.75, 3.05) is 24.0 Å². The summed E-state index contributed by atoms with van der Waals surface area (Å²) in [5.74, 6) is -1.85. The maximum absolute atomic E-state index is 13.8. The molecule has 0 bridgehead atoms. The van der Waals surface area contributed by atoms with Crippen LogP contribution in [-0.4, -0.2) is 31.4 Å². The summed E-state index contributed by atoms with van der Waals surface area (Å²) in [6, 6.07) is 19.3. The van der Waals surface area contributed by atoms with Crippen LogP contribution in [0.4, 0.5) is 15.8 Å². The van der Waals surface area contributed by atoms with Gasteiger partial charge in [-0.1, -0.05) is 42.5 Å². The fourth-order valence-corrected chi connectivity index (χ4v) is 3.32. The van der Waals surface area contributed by atoms with Gasteiger partial charge in [-0.2, -0.15) is 0 Å². The van der Waals surface area contributed by atoms with Crippen LogP contribution in [0.3, 0.4) is 0 Å². The SMILES string of the molecule is COc1cccc(/C=C2/C(=O)NN(c3ccccc3)C2=O)c1OCC(=O)Nc1ccccc1F. The highest BCUT2D eigenvalue weighted by Gasteiger charge is 2.34. The normalized spacial score (nSPS) is 14.2. The molecule has 0 aliphatic carbocycles. The zero-order valence-corrected chi connectivity index (χ0v) is 18.1. The van der Waals surface area contributed by atoms with Gasteiger partial charge >= 0.3 is 0 Å². The number of hydrazine groups is 1. The maximum atomic E-state index is 13.8. The summed E-state index contributed by atoms with van der Waals surface area (Å²) in [5, 5.41) is 3.58. The van der Waals surface area contributed by atoms with Crippen LogP contribution in [0.1, 0.15) is 5.56 Å². The second-order valence-corrected chi connectivity index (χ2v) is 7.17. The van der Waals surface area contributed by atoms with E-state index in [1.165, 1.54) is 31.4 Å². The Morgan fingerprint density at radius 3 is 2.50 bits per heavy atom. The number of nitrogens with one attached hydrogen (secondary N) is 2. The second-order valence-electron chi connectivity index (χ2n) is 7.17. The number of rotatable bonds is 7. The van der Waals surface area contributed by atoms with Crippen molar-refractivity contribution in [3.8, 4) is 11.5 Å². The molecule has 1 aliphatic rings. The lowest BCUT2D eigenvalue weighted by Crippen LogP contribution is -2.35. The molecule has 1 aliphatic heterocycles. The van der Waals surface area contributed by atoms with Gasteiger partial charge in [-0.15, -0.1) is 0 Å². The Bertz CT molecular complexity index is 1280. The van der Waals surface area contributed by atoms with Gasteiger partial charge in [0, 0.05) is 5.56 Å². The van der Waals surface area contributed by atoms with E-state index < -0.39 is 30.1 Å². The van der Waals surface area contributed by atoms with Crippen molar-refractivity contribution < 1.29 is 28.2 Å².